The molecule has 0 aromatic heterocycles. The second-order valence-corrected chi connectivity index (χ2v) is 7.25. The van der Waals surface area contributed by atoms with Crippen molar-refractivity contribution in [2.45, 2.75) is 11.8 Å². The standard InChI is InChI=1S/C14H13IN2O3S/c1-10(18)16-12-6-8-14(9-7-12)21(19,20)17-13-4-2-11(15)3-5-13/h2-9,17H,1H3,(H,16,18). The van der Waals surface area contributed by atoms with E-state index in [-0.39, 0.29) is 10.8 Å². The van der Waals surface area contributed by atoms with E-state index >= 15 is 0 Å². The van der Waals surface area contributed by atoms with Gasteiger partial charge in [0.15, 0.2) is 0 Å². The molecule has 0 aliphatic rings. The Labute approximate surface area is 137 Å². The van der Waals surface area contributed by atoms with Gasteiger partial charge in [-0.1, -0.05) is 0 Å². The van der Waals surface area contributed by atoms with Gasteiger partial charge in [-0.25, -0.2) is 8.42 Å². The van der Waals surface area contributed by atoms with E-state index in [2.05, 4.69) is 32.6 Å². The number of halogens is 1. The highest BCUT2D eigenvalue weighted by Crippen LogP contribution is 2.19. The first-order valence-electron chi connectivity index (χ1n) is 6.03. The minimum Gasteiger partial charge on any atom is -0.326 e. The zero-order valence-electron chi connectivity index (χ0n) is 11.1. The Bertz CT molecular complexity index is 741. The maximum Gasteiger partial charge on any atom is 0.261 e. The van der Waals surface area contributed by atoms with Crippen LogP contribution in [0, 0.1) is 3.57 Å². The molecule has 110 valence electrons. The average Bonchev–Trinajstić information content (AvgIpc) is 2.41. The molecule has 0 unspecified atom stereocenters. The van der Waals surface area contributed by atoms with Crippen molar-refractivity contribution in [3.63, 3.8) is 0 Å². The van der Waals surface area contributed by atoms with Crippen LogP contribution in [0.25, 0.3) is 0 Å². The van der Waals surface area contributed by atoms with Gasteiger partial charge in [0, 0.05) is 21.9 Å². The molecule has 0 atom stereocenters. The van der Waals surface area contributed by atoms with Crippen molar-refractivity contribution in [2.75, 3.05) is 10.0 Å². The van der Waals surface area contributed by atoms with Crippen molar-refractivity contribution >= 4 is 49.9 Å². The van der Waals surface area contributed by atoms with E-state index in [1.165, 1.54) is 19.1 Å². The van der Waals surface area contributed by atoms with E-state index in [1.807, 2.05) is 12.1 Å². The summed E-state index contributed by atoms with van der Waals surface area (Å²) >= 11 is 2.15. The molecule has 5 nitrogen and oxygen atoms in total. The molecule has 0 saturated carbocycles. The number of benzene rings is 2. The number of anilines is 2. The summed E-state index contributed by atoms with van der Waals surface area (Å²) in [5.41, 5.74) is 1.05. The largest absolute Gasteiger partial charge is 0.326 e. The van der Waals surface area contributed by atoms with Crippen molar-refractivity contribution in [3.8, 4) is 0 Å². The number of hydrogen-bond donors (Lipinski definition) is 2. The molecule has 0 bridgehead atoms. The van der Waals surface area contributed by atoms with E-state index in [9.17, 15) is 13.2 Å². The second-order valence-electron chi connectivity index (χ2n) is 4.32. The van der Waals surface area contributed by atoms with E-state index in [0.29, 0.717) is 11.4 Å². The Morgan fingerprint density at radius 3 is 2.00 bits per heavy atom. The van der Waals surface area contributed by atoms with Gasteiger partial charge in [-0.15, -0.1) is 0 Å². The van der Waals surface area contributed by atoms with Crippen molar-refractivity contribution in [3.05, 3.63) is 52.1 Å². The monoisotopic (exact) mass is 416 g/mol. The normalized spacial score (nSPS) is 11.0. The van der Waals surface area contributed by atoms with Gasteiger partial charge >= 0.3 is 0 Å². The van der Waals surface area contributed by atoms with Crippen molar-refractivity contribution < 1.29 is 13.2 Å². The molecule has 0 aliphatic carbocycles. The average molecular weight is 416 g/mol. The molecule has 7 heteroatoms. The van der Waals surface area contributed by atoms with Gasteiger partial charge in [0.1, 0.15) is 0 Å². The first kappa shape index (κ1) is 15.8. The highest BCUT2D eigenvalue weighted by Gasteiger charge is 2.14. The fourth-order valence-corrected chi connectivity index (χ4v) is 3.07. The highest BCUT2D eigenvalue weighted by molar-refractivity contribution is 14.1. The van der Waals surface area contributed by atoms with Gasteiger partial charge in [0.2, 0.25) is 5.91 Å². The number of amides is 1. The van der Waals surface area contributed by atoms with Crippen LogP contribution < -0.4 is 10.0 Å². The summed E-state index contributed by atoms with van der Waals surface area (Å²) in [6.07, 6.45) is 0. The molecule has 0 radical (unpaired) electrons. The van der Waals surface area contributed by atoms with Crippen LogP contribution in [0.15, 0.2) is 53.4 Å². The molecule has 0 fully saturated rings. The molecule has 1 amide bonds. The zero-order valence-corrected chi connectivity index (χ0v) is 14.1. The Morgan fingerprint density at radius 1 is 0.952 bits per heavy atom. The van der Waals surface area contributed by atoms with E-state index in [4.69, 9.17) is 0 Å². The predicted octanol–water partition coefficient (Wildman–Crippen LogP) is 3.05. The van der Waals surface area contributed by atoms with Gasteiger partial charge in [-0.3, -0.25) is 9.52 Å². The van der Waals surface area contributed by atoms with E-state index in [0.717, 1.165) is 3.57 Å². The molecule has 0 heterocycles. The van der Waals surface area contributed by atoms with Gasteiger partial charge in [0.05, 0.1) is 4.90 Å². The molecular formula is C14H13IN2O3S. The summed E-state index contributed by atoms with van der Waals surface area (Å²) in [6, 6.07) is 13.0. The molecule has 2 aromatic carbocycles. The molecule has 2 N–H and O–H groups in total. The number of sulfonamides is 1. The number of carbonyl (C=O) groups excluding carboxylic acids is 1. The first-order chi connectivity index (χ1) is 9.87. The maximum atomic E-state index is 12.2. The second kappa shape index (κ2) is 6.44. The fraction of sp³-hybridized carbons (Fsp3) is 0.0714. The zero-order chi connectivity index (χ0) is 15.5. The Hall–Kier alpha value is -1.61. The lowest BCUT2D eigenvalue weighted by Gasteiger charge is -2.09. The van der Waals surface area contributed by atoms with E-state index in [1.54, 1.807) is 24.3 Å². The molecule has 2 rings (SSSR count). The van der Waals surface area contributed by atoms with Gasteiger partial charge in [0.25, 0.3) is 10.0 Å². The first-order valence-corrected chi connectivity index (χ1v) is 8.59. The van der Waals surface area contributed by atoms with Crippen molar-refractivity contribution in [2.24, 2.45) is 0 Å². The lowest BCUT2D eigenvalue weighted by Crippen LogP contribution is -2.13. The van der Waals surface area contributed by atoms with Crippen LogP contribution in [-0.2, 0) is 14.8 Å². The number of carbonyl (C=O) groups is 1. The molecule has 0 aliphatic heterocycles. The fourth-order valence-electron chi connectivity index (χ4n) is 1.65. The van der Waals surface area contributed by atoms with Crippen LogP contribution in [0.4, 0.5) is 11.4 Å². The van der Waals surface area contributed by atoms with Crippen molar-refractivity contribution in [1.29, 1.82) is 0 Å². The topological polar surface area (TPSA) is 75.3 Å². The summed E-state index contributed by atoms with van der Waals surface area (Å²) in [4.78, 5) is 11.1. The summed E-state index contributed by atoms with van der Waals surface area (Å²) in [7, 11) is -3.64. The molecule has 21 heavy (non-hydrogen) atoms. The Morgan fingerprint density at radius 2 is 1.48 bits per heavy atom. The minimum atomic E-state index is -3.64. The third kappa shape index (κ3) is 4.43. The summed E-state index contributed by atoms with van der Waals surface area (Å²) in [5.74, 6) is -0.206. The molecular weight excluding hydrogens is 403 g/mol. The smallest absolute Gasteiger partial charge is 0.261 e. The molecule has 0 spiro atoms. The van der Waals surface area contributed by atoms with Crippen LogP contribution in [0.1, 0.15) is 6.92 Å². The molecule has 2 aromatic rings. The van der Waals surface area contributed by atoms with Crippen LogP contribution >= 0.6 is 22.6 Å². The number of nitrogens with one attached hydrogen (secondary N) is 2. The Balaban J connectivity index is 2.19. The van der Waals surface area contributed by atoms with Gasteiger partial charge in [-0.05, 0) is 71.1 Å². The van der Waals surface area contributed by atoms with Gasteiger partial charge in [-0.2, -0.15) is 0 Å². The third-order valence-electron chi connectivity index (χ3n) is 2.58. The van der Waals surface area contributed by atoms with Crippen molar-refractivity contribution in [1.82, 2.24) is 0 Å². The van der Waals surface area contributed by atoms with Gasteiger partial charge < -0.3 is 5.32 Å². The van der Waals surface area contributed by atoms with Crippen LogP contribution in [0.5, 0.6) is 0 Å². The SMILES string of the molecule is CC(=O)Nc1ccc(S(=O)(=O)Nc2ccc(I)cc2)cc1. The van der Waals surface area contributed by atoms with Crippen LogP contribution in [0.3, 0.4) is 0 Å². The third-order valence-corrected chi connectivity index (χ3v) is 4.70. The lowest BCUT2D eigenvalue weighted by molar-refractivity contribution is -0.114. The highest BCUT2D eigenvalue weighted by atomic mass is 127. The quantitative estimate of drug-likeness (QED) is 0.753. The summed E-state index contributed by atoms with van der Waals surface area (Å²) in [6.45, 7) is 1.39. The summed E-state index contributed by atoms with van der Waals surface area (Å²) in [5, 5.41) is 2.58. The number of hydrogen-bond acceptors (Lipinski definition) is 3. The Kier molecular flexibility index (Phi) is 4.84. The lowest BCUT2D eigenvalue weighted by atomic mass is 10.3. The minimum absolute atomic E-state index is 0.134. The maximum absolute atomic E-state index is 12.2. The summed E-state index contributed by atoms with van der Waals surface area (Å²) < 4.78 is 28.0. The predicted molar refractivity (Wildman–Crippen MR) is 90.7 cm³/mol. The molecule has 0 saturated heterocycles. The number of rotatable bonds is 4. The van der Waals surface area contributed by atoms with Crippen LogP contribution in [-0.4, -0.2) is 14.3 Å². The van der Waals surface area contributed by atoms with Crippen LogP contribution in [0.2, 0.25) is 0 Å². The van der Waals surface area contributed by atoms with E-state index < -0.39 is 10.0 Å².